The summed E-state index contributed by atoms with van der Waals surface area (Å²) in [6, 6.07) is 28.2. The van der Waals surface area contributed by atoms with Crippen molar-refractivity contribution in [3.63, 3.8) is 0 Å². The van der Waals surface area contributed by atoms with Gasteiger partial charge >= 0.3 is 0 Å². The smallest absolute Gasteiger partial charge is 0.270 e. The first-order chi connectivity index (χ1) is 16.1. The van der Waals surface area contributed by atoms with Crippen molar-refractivity contribution < 1.29 is 19.1 Å². The van der Waals surface area contributed by atoms with E-state index in [-0.39, 0.29) is 5.91 Å². The molecule has 0 spiro atoms. The number of carbonyl (C=O) groups is 2. The van der Waals surface area contributed by atoms with E-state index in [0.717, 1.165) is 5.56 Å². The third kappa shape index (κ3) is 5.74. The summed E-state index contributed by atoms with van der Waals surface area (Å²) < 4.78 is 11.6. The normalized spacial score (nSPS) is 11.3. The summed E-state index contributed by atoms with van der Waals surface area (Å²) in [5.41, 5.74) is 6.84. The molecule has 7 nitrogen and oxygen atoms in total. The molecule has 0 aliphatic heterocycles. The fraction of sp³-hybridized carbons (Fsp3) is 0.0385. The summed E-state index contributed by atoms with van der Waals surface area (Å²) >= 11 is 0. The number of hydrogen-bond donors (Lipinski definition) is 2. The van der Waals surface area contributed by atoms with Gasteiger partial charge in [0.05, 0.1) is 11.9 Å². The van der Waals surface area contributed by atoms with E-state index < -0.39 is 12.0 Å². The number of nitrogens with zero attached hydrogens (tertiary/aromatic N) is 1. The van der Waals surface area contributed by atoms with E-state index in [4.69, 9.17) is 15.2 Å². The minimum absolute atomic E-state index is 0.301. The number of aromatic nitrogens is 1. The molecule has 1 unspecified atom stereocenters. The minimum Gasteiger partial charge on any atom is -0.476 e. The molecular formula is C26H21N3O4. The third-order valence-electron chi connectivity index (χ3n) is 4.68. The van der Waals surface area contributed by atoms with Crippen LogP contribution in [0, 0.1) is 0 Å². The molecule has 0 aliphatic rings. The SMILES string of the molecule is NC(=O)c1cccc(Oc2ccc(NC(=O)C(Oc3ccccc3)c3ccccc3)cn2)c1. The number of pyridine rings is 1. The van der Waals surface area contributed by atoms with E-state index in [9.17, 15) is 9.59 Å². The van der Waals surface area contributed by atoms with Gasteiger partial charge in [-0.25, -0.2) is 4.98 Å². The standard InChI is InChI=1S/C26H21N3O4/c27-25(30)19-10-7-13-22(16-19)32-23-15-14-20(17-28-23)29-26(31)24(18-8-3-1-4-9-18)33-21-11-5-2-6-12-21/h1-17,24H,(H2,27,30)(H,29,31). The van der Waals surface area contributed by atoms with Gasteiger partial charge in [-0.3, -0.25) is 9.59 Å². The van der Waals surface area contributed by atoms with Crippen LogP contribution in [0.3, 0.4) is 0 Å². The second-order valence-corrected chi connectivity index (χ2v) is 7.09. The predicted molar refractivity (Wildman–Crippen MR) is 124 cm³/mol. The Kier molecular flexibility index (Phi) is 6.61. The molecule has 0 saturated carbocycles. The molecule has 4 rings (SSSR count). The van der Waals surface area contributed by atoms with Gasteiger partial charge in [0.15, 0.2) is 0 Å². The van der Waals surface area contributed by atoms with Crippen LogP contribution in [-0.4, -0.2) is 16.8 Å². The van der Waals surface area contributed by atoms with Gasteiger partial charge in [0.2, 0.25) is 17.9 Å². The Balaban J connectivity index is 1.47. The Morgan fingerprint density at radius 2 is 1.52 bits per heavy atom. The minimum atomic E-state index is -0.846. The number of para-hydroxylation sites is 1. The van der Waals surface area contributed by atoms with Crippen molar-refractivity contribution in [2.75, 3.05) is 5.32 Å². The molecule has 1 atom stereocenters. The van der Waals surface area contributed by atoms with Crippen molar-refractivity contribution in [1.82, 2.24) is 4.98 Å². The number of carbonyl (C=O) groups excluding carboxylic acids is 2. The molecule has 1 heterocycles. The zero-order chi connectivity index (χ0) is 23.0. The van der Waals surface area contributed by atoms with Crippen molar-refractivity contribution in [2.24, 2.45) is 5.73 Å². The monoisotopic (exact) mass is 439 g/mol. The van der Waals surface area contributed by atoms with Crippen LogP contribution in [0.25, 0.3) is 0 Å². The zero-order valence-electron chi connectivity index (χ0n) is 17.5. The Morgan fingerprint density at radius 3 is 2.18 bits per heavy atom. The van der Waals surface area contributed by atoms with Crippen molar-refractivity contribution in [1.29, 1.82) is 0 Å². The van der Waals surface area contributed by atoms with Gasteiger partial charge in [-0.05, 0) is 36.4 Å². The van der Waals surface area contributed by atoms with Crippen LogP contribution in [0.1, 0.15) is 22.0 Å². The van der Waals surface area contributed by atoms with Gasteiger partial charge in [0.25, 0.3) is 5.91 Å². The summed E-state index contributed by atoms with van der Waals surface area (Å²) in [6.45, 7) is 0. The molecule has 0 fully saturated rings. The highest BCUT2D eigenvalue weighted by atomic mass is 16.5. The molecule has 3 aromatic carbocycles. The maximum Gasteiger partial charge on any atom is 0.270 e. The van der Waals surface area contributed by atoms with E-state index in [1.165, 1.54) is 12.3 Å². The first kappa shape index (κ1) is 21.6. The number of rotatable bonds is 8. The highest BCUT2D eigenvalue weighted by molar-refractivity contribution is 5.95. The molecule has 1 aromatic heterocycles. The Bertz CT molecular complexity index is 1230. The summed E-state index contributed by atoms with van der Waals surface area (Å²) in [7, 11) is 0. The summed E-state index contributed by atoms with van der Waals surface area (Å²) in [6.07, 6.45) is 0.636. The summed E-state index contributed by atoms with van der Waals surface area (Å²) in [5, 5.41) is 2.83. The van der Waals surface area contributed by atoms with Gasteiger partial charge in [0, 0.05) is 17.2 Å². The van der Waals surface area contributed by atoms with Crippen LogP contribution in [0.4, 0.5) is 5.69 Å². The number of benzene rings is 3. The number of anilines is 1. The molecule has 0 saturated heterocycles. The highest BCUT2D eigenvalue weighted by Gasteiger charge is 2.23. The van der Waals surface area contributed by atoms with Crippen LogP contribution in [-0.2, 0) is 4.79 Å². The summed E-state index contributed by atoms with van der Waals surface area (Å²) in [5.74, 6) is 0.430. The number of amides is 2. The zero-order valence-corrected chi connectivity index (χ0v) is 17.5. The van der Waals surface area contributed by atoms with Crippen LogP contribution < -0.4 is 20.5 Å². The van der Waals surface area contributed by atoms with Gasteiger partial charge < -0.3 is 20.5 Å². The van der Waals surface area contributed by atoms with Gasteiger partial charge in [-0.15, -0.1) is 0 Å². The number of hydrogen-bond acceptors (Lipinski definition) is 5. The van der Waals surface area contributed by atoms with Crippen LogP contribution in [0.5, 0.6) is 17.4 Å². The summed E-state index contributed by atoms with van der Waals surface area (Å²) in [4.78, 5) is 28.6. The molecule has 0 aliphatic carbocycles. The van der Waals surface area contributed by atoms with Crippen molar-refractivity contribution in [3.05, 3.63) is 114 Å². The van der Waals surface area contributed by atoms with E-state index in [1.54, 1.807) is 42.5 Å². The van der Waals surface area contributed by atoms with E-state index in [1.807, 2.05) is 48.5 Å². The number of nitrogens with one attached hydrogen (secondary N) is 1. The molecule has 2 amide bonds. The molecule has 7 heteroatoms. The fourth-order valence-electron chi connectivity index (χ4n) is 3.09. The number of ether oxygens (including phenoxy) is 2. The predicted octanol–water partition coefficient (Wildman–Crippen LogP) is 4.73. The van der Waals surface area contributed by atoms with Crippen LogP contribution in [0.15, 0.2) is 103 Å². The van der Waals surface area contributed by atoms with E-state index in [2.05, 4.69) is 10.3 Å². The third-order valence-corrected chi connectivity index (χ3v) is 4.68. The first-order valence-electron chi connectivity index (χ1n) is 10.2. The Hall–Kier alpha value is -4.65. The van der Waals surface area contributed by atoms with Gasteiger partial charge in [-0.1, -0.05) is 54.6 Å². The van der Waals surface area contributed by atoms with Crippen LogP contribution >= 0.6 is 0 Å². The molecule has 0 bridgehead atoms. The highest BCUT2D eigenvalue weighted by Crippen LogP contribution is 2.25. The number of primary amides is 1. The largest absolute Gasteiger partial charge is 0.476 e. The Morgan fingerprint density at radius 1 is 0.818 bits per heavy atom. The average molecular weight is 439 g/mol. The fourth-order valence-corrected chi connectivity index (χ4v) is 3.09. The van der Waals surface area contributed by atoms with E-state index in [0.29, 0.717) is 28.6 Å². The van der Waals surface area contributed by atoms with Crippen molar-refractivity contribution in [2.45, 2.75) is 6.10 Å². The maximum absolute atomic E-state index is 13.1. The lowest BCUT2D eigenvalue weighted by atomic mass is 10.1. The lowest BCUT2D eigenvalue weighted by Crippen LogP contribution is -2.25. The van der Waals surface area contributed by atoms with Gasteiger partial charge in [0.1, 0.15) is 11.5 Å². The quantitative estimate of drug-likeness (QED) is 0.413. The lowest BCUT2D eigenvalue weighted by molar-refractivity contribution is -0.123. The van der Waals surface area contributed by atoms with E-state index >= 15 is 0 Å². The molecule has 33 heavy (non-hydrogen) atoms. The molecule has 4 aromatic rings. The second kappa shape index (κ2) is 10.1. The molecule has 3 N–H and O–H groups in total. The van der Waals surface area contributed by atoms with Crippen molar-refractivity contribution in [3.8, 4) is 17.4 Å². The lowest BCUT2D eigenvalue weighted by Gasteiger charge is -2.19. The first-order valence-corrected chi connectivity index (χ1v) is 10.2. The van der Waals surface area contributed by atoms with Crippen LogP contribution in [0.2, 0.25) is 0 Å². The number of nitrogens with two attached hydrogens (primary N) is 1. The molecule has 0 radical (unpaired) electrons. The average Bonchev–Trinajstić information content (AvgIpc) is 2.85. The second-order valence-electron chi connectivity index (χ2n) is 7.09. The van der Waals surface area contributed by atoms with Crippen molar-refractivity contribution >= 4 is 17.5 Å². The Labute approximate surface area is 190 Å². The molecule has 164 valence electrons. The van der Waals surface area contributed by atoms with Gasteiger partial charge in [-0.2, -0.15) is 0 Å². The maximum atomic E-state index is 13.1. The molecular weight excluding hydrogens is 418 g/mol. The topological polar surface area (TPSA) is 104 Å².